The molecular formula is C19H24N2O2S. The predicted molar refractivity (Wildman–Crippen MR) is 99.1 cm³/mol. The molecule has 0 saturated heterocycles. The first-order valence-corrected chi connectivity index (χ1v) is 9.15. The first-order chi connectivity index (χ1) is 11.6. The number of hydrogen-bond donors (Lipinski definition) is 0. The summed E-state index contributed by atoms with van der Waals surface area (Å²) in [7, 11) is 3.69. The van der Waals surface area contributed by atoms with E-state index in [1.807, 2.05) is 30.1 Å². The van der Waals surface area contributed by atoms with Gasteiger partial charge in [-0.05, 0) is 67.6 Å². The smallest absolute Gasteiger partial charge is 0.241 e. The van der Waals surface area contributed by atoms with Crippen LogP contribution in [0.4, 0.5) is 5.69 Å². The van der Waals surface area contributed by atoms with Crippen molar-refractivity contribution in [2.75, 3.05) is 32.1 Å². The first kappa shape index (κ1) is 17.0. The number of carbonyl (C=O) groups is 1. The van der Waals surface area contributed by atoms with Gasteiger partial charge in [-0.3, -0.25) is 9.69 Å². The predicted octanol–water partition coefficient (Wildman–Crippen LogP) is 3.48. The summed E-state index contributed by atoms with van der Waals surface area (Å²) in [5.74, 6) is 1.02. The molecule has 1 aliphatic rings. The molecule has 1 aromatic carbocycles. The molecular weight excluding hydrogens is 320 g/mol. The van der Waals surface area contributed by atoms with E-state index < -0.39 is 0 Å². The van der Waals surface area contributed by atoms with Crippen LogP contribution in [0.1, 0.15) is 22.4 Å². The Morgan fingerprint density at radius 3 is 2.92 bits per heavy atom. The van der Waals surface area contributed by atoms with Crippen LogP contribution in [0.5, 0.6) is 5.75 Å². The molecule has 0 atom stereocenters. The van der Waals surface area contributed by atoms with Crippen molar-refractivity contribution >= 4 is 22.9 Å². The maximum atomic E-state index is 12.8. The topological polar surface area (TPSA) is 32.8 Å². The van der Waals surface area contributed by atoms with Gasteiger partial charge < -0.3 is 9.64 Å². The van der Waals surface area contributed by atoms with Crippen molar-refractivity contribution in [3.8, 4) is 5.75 Å². The van der Waals surface area contributed by atoms with Crippen LogP contribution >= 0.6 is 11.3 Å². The molecule has 0 N–H and O–H groups in total. The average Bonchev–Trinajstić information content (AvgIpc) is 2.98. The van der Waals surface area contributed by atoms with Gasteiger partial charge in [-0.25, -0.2) is 0 Å². The van der Waals surface area contributed by atoms with E-state index in [2.05, 4.69) is 23.3 Å². The Labute approximate surface area is 147 Å². The summed E-state index contributed by atoms with van der Waals surface area (Å²) >= 11 is 1.75. The summed E-state index contributed by atoms with van der Waals surface area (Å²) in [6, 6.07) is 8.12. The number of nitrogens with zero attached hydrogens (tertiary/aromatic N) is 2. The van der Waals surface area contributed by atoms with Gasteiger partial charge in [0.25, 0.3) is 0 Å². The molecule has 0 radical (unpaired) electrons. The Morgan fingerprint density at radius 1 is 1.38 bits per heavy atom. The number of carbonyl (C=O) groups excluding carboxylic acids is 1. The number of benzene rings is 1. The van der Waals surface area contributed by atoms with Crippen LogP contribution in [-0.4, -0.2) is 38.1 Å². The van der Waals surface area contributed by atoms with Gasteiger partial charge in [-0.1, -0.05) is 0 Å². The molecule has 0 unspecified atom stereocenters. The minimum atomic E-state index is 0.165. The van der Waals surface area contributed by atoms with E-state index in [9.17, 15) is 4.79 Å². The molecule has 24 heavy (non-hydrogen) atoms. The molecule has 2 heterocycles. The van der Waals surface area contributed by atoms with Crippen LogP contribution < -0.4 is 9.64 Å². The quantitative estimate of drug-likeness (QED) is 0.832. The third-order valence-corrected chi connectivity index (χ3v) is 5.50. The second-order valence-corrected chi connectivity index (χ2v) is 7.34. The Morgan fingerprint density at radius 2 is 2.21 bits per heavy atom. The molecule has 0 aliphatic carbocycles. The van der Waals surface area contributed by atoms with Crippen LogP contribution in [0.25, 0.3) is 0 Å². The van der Waals surface area contributed by atoms with Gasteiger partial charge in [0.15, 0.2) is 0 Å². The van der Waals surface area contributed by atoms with E-state index in [-0.39, 0.29) is 5.91 Å². The molecule has 0 bridgehead atoms. The van der Waals surface area contributed by atoms with Gasteiger partial charge in [-0.15, -0.1) is 11.3 Å². The number of methoxy groups -OCH3 is 1. The van der Waals surface area contributed by atoms with Gasteiger partial charge in [0, 0.05) is 23.7 Å². The number of hydrogen-bond acceptors (Lipinski definition) is 4. The van der Waals surface area contributed by atoms with Crippen LogP contribution in [0.3, 0.4) is 0 Å². The lowest BCUT2D eigenvalue weighted by molar-refractivity contribution is -0.119. The van der Waals surface area contributed by atoms with Crippen LogP contribution in [0.2, 0.25) is 0 Å². The molecule has 5 heteroatoms. The Kier molecular flexibility index (Phi) is 5.21. The van der Waals surface area contributed by atoms with Gasteiger partial charge in [-0.2, -0.15) is 0 Å². The third kappa shape index (κ3) is 3.62. The van der Waals surface area contributed by atoms with Gasteiger partial charge >= 0.3 is 0 Å². The molecule has 4 nitrogen and oxygen atoms in total. The van der Waals surface area contributed by atoms with E-state index in [1.165, 1.54) is 16.0 Å². The number of anilines is 1. The summed E-state index contributed by atoms with van der Waals surface area (Å²) in [5, 5.41) is 2.11. The van der Waals surface area contributed by atoms with E-state index in [0.29, 0.717) is 6.54 Å². The van der Waals surface area contributed by atoms with Crippen molar-refractivity contribution in [1.82, 2.24) is 4.90 Å². The summed E-state index contributed by atoms with van der Waals surface area (Å²) < 4.78 is 5.30. The number of ether oxygens (including phenoxy) is 1. The highest BCUT2D eigenvalue weighted by atomic mass is 32.1. The van der Waals surface area contributed by atoms with Crippen molar-refractivity contribution in [2.24, 2.45) is 0 Å². The zero-order valence-electron chi connectivity index (χ0n) is 14.5. The van der Waals surface area contributed by atoms with Gasteiger partial charge in [0.1, 0.15) is 5.75 Å². The lowest BCUT2D eigenvalue weighted by Gasteiger charge is -2.31. The van der Waals surface area contributed by atoms with E-state index in [0.717, 1.165) is 37.4 Å². The fraction of sp³-hybridized carbons (Fsp3) is 0.421. The lowest BCUT2D eigenvalue weighted by atomic mass is 10.0. The minimum absolute atomic E-state index is 0.165. The standard InChI is InChI=1S/C19H24N2O2S/c1-14-8-10-24-18(14)12-20(2)13-19(22)21-9-4-5-15-11-16(23-3)6-7-17(15)21/h6-8,10-11H,4-5,9,12-13H2,1-3H3. The Bertz CT molecular complexity index is 726. The highest BCUT2D eigenvalue weighted by Gasteiger charge is 2.23. The molecule has 128 valence electrons. The highest BCUT2D eigenvalue weighted by Crippen LogP contribution is 2.30. The van der Waals surface area contributed by atoms with Gasteiger partial charge in [0.05, 0.1) is 13.7 Å². The molecule has 3 rings (SSSR count). The second kappa shape index (κ2) is 7.36. The van der Waals surface area contributed by atoms with Crippen LogP contribution in [0.15, 0.2) is 29.6 Å². The van der Waals surface area contributed by atoms with E-state index >= 15 is 0 Å². The first-order valence-electron chi connectivity index (χ1n) is 8.27. The zero-order valence-corrected chi connectivity index (χ0v) is 15.4. The maximum absolute atomic E-state index is 12.8. The summed E-state index contributed by atoms with van der Waals surface area (Å²) in [4.78, 5) is 18.1. The largest absolute Gasteiger partial charge is 0.497 e. The number of fused-ring (bicyclic) bond motifs is 1. The Balaban J connectivity index is 1.69. The third-order valence-electron chi connectivity index (χ3n) is 4.49. The number of aryl methyl sites for hydroxylation is 2. The normalized spacial score (nSPS) is 13.9. The zero-order chi connectivity index (χ0) is 17.1. The molecule has 0 saturated carbocycles. The Hall–Kier alpha value is -1.85. The maximum Gasteiger partial charge on any atom is 0.241 e. The van der Waals surface area contributed by atoms with Crippen molar-refractivity contribution in [1.29, 1.82) is 0 Å². The van der Waals surface area contributed by atoms with Crippen LogP contribution in [0, 0.1) is 6.92 Å². The fourth-order valence-corrected chi connectivity index (χ4v) is 4.13. The van der Waals surface area contributed by atoms with Crippen LogP contribution in [-0.2, 0) is 17.8 Å². The molecule has 0 spiro atoms. The second-order valence-electron chi connectivity index (χ2n) is 6.34. The number of thiophene rings is 1. The molecule has 1 aromatic heterocycles. The lowest BCUT2D eigenvalue weighted by Crippen LogP contribution is -2.41. The van der Waals surface area contributed by atoms with E-state index in [4.69, 9.17) is 4.74 Å². The molecule has 1 amide bonds. The summed E-state index contributed by atoms with van der Waals surface area (Å²) in [6.45, 7) is 4.17. The SMILES string of the molecule is COc1ccc2c(c1)CCCN2C(=O)CN(C)Cc1sccc1C. The number of amides is 1. The number of likely N-dealkylation sites (N-methyl/N-ethyl adjacent to an activating group) is 1. The average molecular weight is 344 g/mol. The summed E-state index contributed by atoms with van der Waals surface area (Å²) in [5.41, 5.74) is 3.54. The minimum Gasteiger partial charge on any atom is -0.497 e. The van der Waals surface area contributed by atoms with Crippen molar-refractivity contribution in [2.45, 2.75) is 26.3 Å². The van der Waals surface area contributed by atoms with Crippen molar-refractivity contribution < 1.29 is 9.53 Å². The highest BCUT2D eigenvalue weighted by molar-refractivity contribution is 7.10. The molecule has 1 aliphatic heterocycles. The molecule has 0 fully saturated rings. The monoisotopic (exact) mass is 344 g/mol. The fourth-order valence-electron chi connectivity index (χ4n) is 3.14. The molecule has 2 aromatic rings. The van der Waals surface area contributed by atoms with Gasteiger partial charge in [0.2, 0.25) is 5.91 Å². The van der Waals surface area contributed by atoms with Crippen molar-refractivity contribution in [3.63, 3.8) is 0 Å². The van der Waals surface area contributed by atoms with Crippen molar-refractivity contribution in [3.05, 3.63) is 45.6 Å². The number of rotatable bonds is 5. The summed E-state index contributed by atoms with van der Waals surface area (Å²) in [6.07, 6.45) is 2.00. The van der Waals surface area contributed by atoms with E-state index in [1.54, 1.807) is 18.4 Å².